The summed E-state index contributed by atoms with van der Waals surface area (Å²) >= 11 is 3.71. The Hall–Kier alpha value is -0.830. The van der Waals surface area contributed by atoms with Gasteiger partial charge in [-0.25, -0.2) is 4.39 Å². The van der Waals surface area contributed by atoms with E-state index in [1.54, 1.807) is 6.07 Å². The molecule has 2 atom stereocenters. The zero-order valence-corrected chi connectivity index (χ0v) is 11.0. The largest absolute Gasteiger partial charge is 0.458 e. The Morgan fingerprint density at radius 2 is 2.06 bits per heavy atom. The van der Waals surface area contributed by atoms with E-state index < -0.39 is 0 Å². The van der Waals surface area contributed by atoms with Crippen LogP contribution in [0.5, 0.6) is 0 Å². The zero-order valence-electron chi connectivity index (χ0n) is 9.46. The molecule has 1 fully saturated rings. The van der Waals surface area contributed by atoms with Crippen LogP contribution in [0.15, 0.2) is 28.7 Å². The third-order valence-electron chi connectivity index (χ3n) is 3.56. The first-order valence-corrected chi connectivity index (χ1v) is 6.99. The molecule has 0 saturated heterocycles. The number of hydrogen-bond acceptors (Lipinski definition) is 1. The molecule has 0 N–H and O–H groups in total. The minimum absolute atomic E-state index is 0.268. The number of hydrogen-bond donors (Lipinski definition) is 0. The van der Waals surface area contributed by atoms with Crippen molar-refractivity contribution in [2.45, 2.75) is 36.4 Å². The Bertz CT molecular complexity index is 534. The van der Waals surface area contributed by atoms with E-state index in [1.165, 1.54) is 25.3 Å². The van der Waals surface area contributed by atoms with Gasteiger partial charge in [-0.1, -0.05) is 40.9 Å². The van der Waals surface area contributed by atoms with Crippen LogP contribution in [0.1, 0.15) is 37.4 Å². The molecule has 0 spiro atoms. The minimum atomic E-state index is -0.268. The molecule has 2 aromatic rings. The Labute approximate surface area is 108 Å². The average Bonchev–Trinajstić information content (AvgIpc) is 2.75. The Balaban J connectivity index is 2.02. The fourth-order valence-electron chi connectivity index (χ4n) is 2.64. The first-order chi connectivity index (χ1) is 8.25. The van der Waals surface area contributed by atoms with Gasteiger partial charge < -0.3 is 4.42 Å². The maximum absolute atomic E-state index is 13.6. The zero-order chi connectivity index (χ0) is 11.8. The van der Waals surface area contributed by atoms with E-state index in [0.717, 1.165) is 17.6 Å². The first-order valence-electron chi connectivity index (χ1n) is 6.08. The molecule has 3 heteroatoms. The summed E-state index contributed by atoms with van der Waals surface area (Å²) in [6.45, 7) is 0. The second-order valence-electron chi connectivity index (χ2n) is 4.71. The lowest BCUT2D eigenvalue weighted by Gasteiger charge is -2.25. The predicted molar refractivity (Wildman–Crippen MR) is 70.1 cm³/mol. The summed E-state index contributed by atoms with van der Waals surface area (Å²) in [6.07, 6.45) is 4.79. The predicted octanol–water partition coefficient (Wildman–Crippen LogP) is 4.99. The van der Waals surface area contributed by atoms with E-state index >= 15 is 0 Å². The summed E-state index contributed by atoms with van der Waals surface area (Å²) in [7, 11) is 0. The number of benzene rings is 1. The first kappa shape index (κ1) is 11.3. The van der Waals surface area contributed by atoms with Gasteiger partial charge in [-0.15, -0.1) is 0 Å². The molecule has 1 aromatic carbocycles. The molecule has 3 rings (SSSR count). The summed E-state index contributed by atoms with van der Waals surface area (Å²) in [4.78, 5) is 0.458. The molecule has 1 aromatic heterocycles. The van der Waals surface area contributed by atoms with Crippen LogP contribution in [0.3, 0.4) is 0 Å². The number of alkyl halides is 1. The third-order valence-corrected chi connectivity index (χ3v) is 4.66. The third kappa shape index (κ3) is 2.01. The SMILES string of the molecule is Fc1cccc2cc(C3CCCCC3Br)oc12. The minimum Gasteiger partial charge on any atom is -0.458 e. The van der Waals surface area contributed by atoms with E-state index in [1.807, 2.05) is 12.1 Å². The average molecular weight is 297 g/mol. The van der Waals surface area contributed by atoms with Gasteiger partial charge in [0.25, 0.3) is 0 Å². The van der Waals surface area contributed by atoms with E-state index in [2.05, 4.69) is 15.9 Å². The van der Waals surface area contributed by atoms with Crippen LogP contribution >= 0.6 is 15.9 Å². The molecule has 0 aliphatic heterocycles. The van der Waals surface area contributed by atoms with Crippen molar-refractivity contribution in [2.75, 3.05) is 0 Å². The van der Waals surface area contributed by atoms with Crippen molar-refractivity contribution < 1.29 is 8.81 Å². The number of furan rings is 1. The van der Waals surface area contributed by atoms with Gasteiger partial charge in [0.2, 0.25) is 0 Å². The van der Waals surface area contributed by atoms with E-state index in [0.29, 0.717) is 16.3 Å². The van der Waals surface area contributed by atoms with Gasteiger partial charge in [0.1, 0.15) is 5.76 Å². The van der Waals surface area contributed by atoms with E-state index in [-0.39, 0.29) is 5.82 Å². The fourth-order valence-corrected chi connectivity index (χ4v) is 3.48. The summed E-state index contributed by atoms with van der Waals surface area (Å²) in [6, 6.07) is 7.06. The smallest absolute Gasteiger partial charge is 0.169 e. The topological polar surface area (TPSA) is 13.1 Å². The fraction of sp³-hybridized carbons (Fsp3) is 0.429. The van der Waals surface area contributed by atoms with Crippen molar-refractivity contribution in [3.8, 4) is 0 Å². The van der Waals surface area contributed by atoms with Crippen LogP contribution in [0.2, 0.25) is 0 Å². The Morgan fingerprint density at radius 3 is 2.82 bits per heavy atom. The van der Waals surface area contributed by atoms with Crippen LogP contribution in [0.25, 0.3) is 11.0 Å². The molecule has 0 amide bonds. The highest BCUT2D eigenvalue weighted by atomic mass is 79.9. The van der Waals surface area contributed by atoms with Crippen molar-refractivity contribution in [3.05, 3.63) is 35.8 Å². The van der Waals surface area contributed by atoms with Gasteiger partial charge in [-0.3, -0.25) is 0 Å². The van der Waals surface area contributed by atoms with Gasteiger partial charge in [0, 0.05) is 16.1 Å². The molecular weight excluding hydrogens is 283 g/mol. The lowest BCUT2D eigenvalue weighted by atomic mass is 9.87. The lowest BCUT2D eigenvalue weighted by molar-refractivity contribution is 0.394. The molecular formula is C14H14BrFO. The van der Waals surface area contributed by atoms with Crippen molar-refractivity contribution in [1.82, 2.24) is 0 Å². The number of para-hydroxylation sites is 1. The summed E-state index contributed by atoms with van der Waals surface area (Å²) in [5, 5.41) is 0.866. The van der Waals surface area contributed by atoms with Crippen molar-refractivity contribution in [3.63, 3.8) is 0 Å². The van der Waals surface area contributed by atoms with Crippen molar-refractivity contribution >= 4 is 26.9 Å². The van der Waals surface area contributed by atoms with Gasteiger partial charge in [-0.05, 0) is 25.0 Å². The standard InChI is InChI=1S/C14H14BrFO/c15-11-6-2-1-5-10(11)13-8-9-4-3-7-12(16)14(9)17-13/h3-4,7-8,10-11H,1-2,5-6H2. The van der Waals surface area contributed by atoms with Gasteiger partial charge in [0.05, 0.1) is 0 Å². The highest BCUT2D eigenvalue weighted by Crippen LogP contribution is 2.39. The molecule has 0 radical (unpaired) electrons. The van der Waals surface area contributed by atoms with Crippen LogP contribution < -0.4 is 0 Å². The Kier molecular flexibility index (Phi) is 2.95. The monoisotopic (exact) mass is 296 g/mol. The van der Waals surface area contributed by atoms with Crippen LogP contribution in [-0.4, -0.2) is 4.83 Å². The molecule has 0 bridgehead atoms. The second-order valence-corrected chi connectivity index (χ2v) is 5.89. The number of halogens is 2. The highest BCUT2D eigenvalue weighted by molar-refractivity contribution is 9.09. The van der Waals surface area contributed by atoms with E-state index in [9.17, 15) is 4.39 Å². The normalized spacial score (nSPS) is 25.3. The molecule has 1 nitrogen and oxygen atoms in total. The number of fused-ring (bicyclic) bond motifs is 1. The van der Waals surface area contributed by atoms with Crippen LogP contribution in [-0.2, 0) is 0 Å². The van der Waals surface area contributed by atoms with Crippen molar-refractivity contribution in [1.29, 1.82) is 0 Å². The van der Waals surface area contributed by atoms with Crippen LogP contribution in [0.4, 0.5) is 4.39 Å². The summed E-state index contributed by atoms with van der Waals surface area (Å²) in [5.41, 5.74) is 0.396. The maximum Gasteiger partial charge on any atom is 0.169 e. The van der Waals surface area contributed by atoms with E-state index in [4.69, 9.17) is 4.42 Å². The molecule has 2 unspecified atom stereocenters. The van der Waals surface area contributed by atoms with Crippen LogP contribution in [0, 0.1) is 5.82 Å². The Morgan fingerprint density at radius 1 is 1.24 bits per heavy atom. The molecule has 1 heterocycles. The molecule has 90 valence electrons. The maximum atomic E-state index is 13.6. The molecule has 1 aliphatic rings. The quantitative estimate of drug-likeness (QED) is 0.676. The summed E-state index contributed by atoms with van der Waals surface area (Å²) < 4.78 is 19.3. The van der Waals surface area contributed by atoms with Crippen molar-refractivity contribution in [2.24, 2.45) is 0 Å². The van der Waals surface area contributed by atoms with Gasteiger partial charge in [-0.2, -0.15) is 0 Å². The molecule has 1 saturated carbocycles. The molecule has 17 heavy (non-hydrogen) atoms. The summed E-state index contributed by atoms with van der Waals surface area (Å²) in [5.74, 6) is 1.04. The van der Waals surface area contributed by atoms with Gasteiger partial charge >= 0.3 is 0 Å². The highest BCUT2D eigenvalue weighted by Gasteiger charge is 2.27. The van der Waals surface area contributed by atoms with Gasteiger partial charge in [0.15, 0.2) is 11.4 Å². The second kappa shape index (κ2) is 4.45. The lowest BCUT2D eigenvalue weighted by Crippen LogP contribution is -2.16. The number of rotatable bonds is 1. The molecule has 1 aliphatic carbocycles.